The van der Waals surface area contributed by atoms with Crippen LogP contribution < -0.4 is 0 Å². The molecule has 0 saturated heterocycles. The molecule has 0 aromatic rings. The fraction of sp³-hybridized carbons (Fsp3) is 0.923. The maximum Gasteiger partial charge on any atom is 0.409 e. The number of methoxy groups -OCH3 is 1. The molecule has 0 atom stereocenters. The van der Waals surface area contributed by atoms with E-state index in [1.165, 1.54) is 20.0 Å². The quantitative estimate of drug-likeness (QED) is 0.688. The average molecular weight is 227 g/mol. The van der Waals surface area contributed by atoms with Crippen LogP contribution in [-0.4, -0.2) is 31.2 Å². The van der Waals surface area contributed by atoms with Crippen LogP contribution in [0.25, 0.3) is 0 Å². The van der Waals surface area contributed by atoms with Crippen molar-refractivity contribution in [2.45, 2.75) is 52.5 Å². The van der Waals surface area contributed by atoms with Crippen LogP contribution in [0.3, 0.4) is 0 Å². The Morgan fingerprint density at radius 2 is 1.69 bits per heavy atom. The van der Waals surface area contributed by atoms with Gasteiger partial charge in [0.25, 0.3) is 0 Å². The van der Waals surface area contributed by atoms with Crippen molar-refractivity contribution >= 4 is 6.09 Å². The molecule has 1 aliphatic carbocycles. The molecule has 0 heterocycles. The van der Waals surface area contributed by atoms with Gasteiger partial charge in [-0.15, -0.1) is 0 Å². The maximum atomic E-state index is 11.4. The van der Waals surface area contributed by atoms with Gasteiger partial charge in [-0.05, 0) is 37.0 Å². The number of hydrogen-bond acceptors (Lipinski definition) is 2. The van der Waals surface area contributed by atoms with Gasteiger partial charge in [0.05, 0.1) is 7.11 Å². The summed E-state index contributed by atoms with van der Waals surface area (Å²) in [5.41, 5.74) is 0.398. The predicted octanol–water partition coefficient (Wildman–Crippen LogP) is 3.29. The number of carbonyl (C=O) groups is 1. The van der Waals surface area contributed by atoms with Crippen LogP contribution in [0, 0.1) is 11.3 Å². The zero-order chi connectivity index (χ0) is 12.3. The molecule has 1 rings (SSSR count). The first-order chi connectivity index (χ1) is 7.36. The molecule has 1 aliphatic rings. The lowest BCUT2D eigenvalue weighted by molar-refractivity contribution is 0.0856. The highest BCUT2D eigenvalue weighted by molar-refractivity contribution is 5.67. The second-order valence-corrected chi connectivity index (χ2v) is 5.95. The third-order valence-electron chi connectivity index (χ3n) is 3.93. The first kappa shape index (κ1) is 13.3. The Bertz CT molecular complexity index is 237. The summed E-state index contributed by atoms with van der Waals surface area (Å²) in [6.45, 7) is 6.92. The monoisotopic (exact) mass is 227 g/mol. The van der Waals surface area contributed by atoms with Gasteiger partial charge < -0.3 is 9.64 Å². The van der Waals surface area contributed by atoms with Crippen LogP contribution in [0.2, 0.25) is 0 Å². The molecule has 0 aliphatic heterocycles. The van der Waals surface area contributed by atoms with E-state index in [9.17, 15) is 4.79 Å². The van der Waals surface area contributed by atoms with Gasteiger partial charge in [0.1, 0.15) is 0 Å². The molecular formula is C13H25NO2. The molecule has 0 unspecified atom stereocenters. The number of carbonyl (C=O) groups excluding carboxylic acids is 1. The van der Waals surface area contributed by atoms with E-state index in [0.717, 1.165) is 18.8 Å². The van der Waals surface area contributed by atoms with Crippen molar-refractivity contribution in [1.82, 2.24) is 4.90 Å². The fourth-order valence-corrected chi connectivity index (χ4v) is 2.62. The van der Waals surface area contributed by atoms with E-state index in [0.29, 0.717) is 11.5 Å². The highest BCUT2D eigenvalue weighted by Crippen LogP contribution is 2.38. The lowest BCUT2D eigenvalue weighted by atomic mass is 9.71. The predicted molar refractivity (Wildman–Crippen MR) is 65.4 cm³/mol. The number of amides is 1. The van der Waals surface area contributed by atoms with Gasteiger partial charge >= 0.3 is 6.09 Å². The van der Waals surface area contributed by atoms with Gasteiger partial charge in [-0.25, -0.2) is 4.79 Å². The Kier molecular flexibility index (Phi) is 4.22. The second-order valence-electron chi connectivity index (χ2n) is 5.95. The van der Waals surface area contributed by atoms with Gasteiger partial charge in [-0.1, -0.05) is 20.8 Å². The van der Waals surface area contributed by atoms with E-state index in [4.69, 9.17) is 4.74 Å². The van der Waals surface area contributed by atoms with Crippen LogP contribution in [0.15, 0.2) is 0 Å². The van der Waals surface area contributed by atoms with Gasteiger partial charge in [0, 0.05) is 13.1 Å². The van der Waals surface area contributed by atoms with E-state index in [1.54, 1.807) is 4.90 Å². The van der Waals surface area contributed by atoms with Crippen LogP contribution >= 0.6 is 0 Å². The van der Waals surface area contributed by atoms with Crippen molar-refractivity contribution in [2.24, 2.45) is 11.3 Å². The number of hydrogen-bond donors (Lipinski definition) is 0. The summed E-state index contributed by atoms with van der Waals surface area (Å²) in [6, 6.07) is 0.367. The zero-order valence-electron chi connectivity index (χ0n) is 11.2. The van der Waals surface area contributed by atoms with Gasteiger partial charge in [-0.2, -0.15) is 0 Å². The van der Waals surface area contributed by atoms with E-state index in [1.807, 2.05) is 7.05 Å². The third-order valence-corrected chi connectivity index (χ3v) is 3.93. The van der Waals surface area contributed by atoms with Gasteiger partial charge in [0.2, 0.25) is 0 Å². The minimum Gasteiger partial charge on any atom is -0.453 e. The Labute approximate surface area is 99.1 Å². The third kappa shape index (κ3) is 3.13. The Morgan fingerprint density at radius 1 is 1.19 bits per heavy atom. The van der Waals surface area contributed by atoms with Crippen molar-refractivity contribution in [1.29, 1.82) is 0 Å². The molecule has 16 heavy (non-hydrogen) atoms. The molecule has 94 valence electrons. The normalized spacial score (nSPS) is 26.3. The fourth-order valence-electron chi connectivity index (χ4n) is 2.62. The minimum absolute atomic E-state index is 0.209. The molecular weight excluding hydrogens is 202 g/mol. The highest BCUT2D eigenvalue weighted by Gasteiger charge is 2.32. The van der Waals surface area contributed by atoms with Crippen molar-refractivity contribution < 1.29 is 9.53 Å². The topological polar surface area (TPSA) is 29.5 Å². The summed E-state index contributed by atoms with van der Waals surface area (Å²) in [6.07, 6.45) is 4.44. The molecule has 0 N–H and O–H groups in total. The largest absolute Gasteiger partial charge is 0.453 e. The molecule has 0 bridgehead atoms. The molecule has 1 saturated carbocycles. The highest BCUT2D eigenvalue weighted by atomic mass is 16.5. The minimum atomic E-state index is -0.209. The summed E-state index contributed by atoms with van der Waals surface area (Å²) in [7, 11) is 3.29. The molecule has 3 heteroatoms. The summed E-state index contributed by atoms with van der Waals surface area (Å²) in [4.78, 5) is 13.1. The molecule has 0 aromatic heterocycles. The smallest absolute Gasteiger partial charge is 0.409 e. The Hall–Kier alpha value is -0.730. The molecule has 1 fully saturated rings. The van der Waals surface area contributed by atoms with E-state index in [-0.39, 0.29) is 6.09 Å². The maximum absolute atomic E-state index is 11.4. The van der Waals surface area contributed by atoms with Crippen molar-refractivity contribution in [3.05, 3.63) is 0 Å². The number of rotatable bonds is 1. The number of nitrogens with zero attached hydrogens (tertiary/aromatic N) is 1. The standard InChI is InChI=1S/C13H25NO2/c1-13(2,3)10-6-8-11(9-7-10)14(4)12(15)16-5/h10-11H,6-9H2,1-5H3. The second kappa shape index (κ2) is 5.07. The first-order valence-corrected chi connectivity index (χ1v) is 6.17. The summed E-state index contributed by atoms with van der Waals surface area (Å²) >= 11 is 0. The molecule has 3 nitrogen and oxygen atoms in total. The van der Waals surface area contributed by atoms with E-state index in [2.05, 4.69) is 20.8 Å². The summed E-state index contributed by atoms with van der Waals surface area (Å²) < 4.78 is 4.75. The molecule has 0 aromatic carbocycles. The molecule has 0 spiro atoms. The van der Waals surface area contributed by atoms with Crippen LogP contribution in [0.5, 0.6) is 0 Å². The Balaban J connectivity index is 2.46. The zero-order valence-corrected chi connectivity index (χ0v) is 11.2. The van der Waals surface area contributed by atoms with Crippen LogP contribution in [0.1, 0.15) is 46.5 Å². The lowest BCUT2D eigenvalue weighted by Gasteiger charge is -2.39. The van der Waals surface area contributed by atoms with Crippen molar-refractivity contribution in [3.63, 3.8) is 0 Å². The first-order valence-electron chi connectivity index (χ1n) is 6.17. The Morgan fingerprint density at radius 3 is 2.06 bits per heavy atom. The molecule has 0 radical (unpaired) electrons. The lowest BCUT2D eigenvalue weighted by Crippen LogP contribution is -2.40. The van der Waals surface area contributed by atoms with Gasteiger partial charge in [0.15, 0.2) is 0 Å². The van der Waals surface area contributed by atoms with Crippen LogP contribution in [0.4, 0.5) is 4.79 Å². The summed E-state index contributed by atoms with van der Waals surface area (Å²) in [5.74, 6) is 0.787. The number of ether oxygens (including phenoxy) is 1. The van der Waals surface area contributed by atoms with E-state index < -0.39 is 0 Å². The van der Waals surface area contributed by atoms with Crippen LogP contribution in [-0.2, 0) is 4.74 Å². The average Bonchev–Trinajstić information content (AvgIpc) is 2.26. The summed E-state index contributed by atoms with van der Waals surface area (Å²) in [5, 5.41) is 0. The SMILES string of the molecule is COC(=O)N(C)C1CCC(C(C)(C)C)CC1. The van der Waals surface area contributed by atoms with Crippen molar-refractivity contribution in [2.75, 3.05) is 14.2 Å². The van der Waals surface area contributed by atoms with Crippen molar-refractivity contribution in [3.8, 4) is 0 Å². The molecule has 1 amide bonds. The van der Waals surface area contributed by atoms with E-state index >= 15 is 0 Å². The van der Waals surface area contributed by atoms with Gasteiger partial charge in [-0.3, -0.25) is 0 Å².